The number of thiophene rings is 1. The standard InChI is InChI=1S/C10H13BrN4S2/c1-12-10-9(13-14-17-10)5-15(2)4-8-3-7(11)6-16-8/h3,6,12H,4-5H2,1-2H3. The van der Waals surface area contributed by atoms with Crippen molar-refractivity contribution < 1.29 is 0 Å². The predicted molar refractivity (Wildman–Crippen MR) is 76.6 cm³/mol. The van der Waals surface area contributed by atoms with Gasteiger partial charge in [0.15, 0.2) is 0 Å². The average Bonchev–Trinajstić information content (AvgIpc) is 2.87. The molecule has 2 aromatic rings. The summed E-state index contributed by atoms with van der Waals surface area (Å²) < 4.78 is 5.10. The molecule has 2 aromatic heterocycles. The van der Waals surface area contributed by atoms with Crippen molar-refractivity contribution >= 4 is 43.8 Å². The Bertz CT molecular complexity index is 482. The molecule has 17 heavy (non-hydrogen) atoms. The molecule has 0 radical (unpaired) electrons. The molecule has 0 bridgehead atoms. The van der Waals surface area contributed by atoms with E-state index < -0.39 is 0 Å². The largest absolute Gasteiger partial charge is 0.377 e. The molecular formula is C10H13BrN4S2. The van der Waals surface area contributed by atoms with Gasteiger partial charge in [-0.3, -0.25) is 4.90 Å². The Morgan fingerprint density at radius 2 is 2.29 bits per heavy atom. The summed E-state index contributed by atoms with van der Waals surface area (Å²) in [5, 5.41) is 10.4. The summed E-state index contributed by atoms with van der Waals surface area (Å²) in [5.74, 6) is 0. The first-order valence-electron chi connectivity index (χ1n) is 5.09. The van der Waals surface area contributed by atoms with Crippen molar-refractivity contribution in [2.75, 3.05) is 19.4 Å². The number of anilines is 1. The van der Waals surface area contributed by atoms with Gasteiger partial charge in [0.1, 0.15) is 10.7 Å². The van der Waals surface area contributed by atoms with E-state index in [-0.39, 0.29) is 0 Å². The number of hydrogen-bond donors (Lipinski definition) is 1. The third-order valence-electron chi connectivity index (χ3n) is 2.25. The van der Waals surface area contributed by atoms with Crippen LogP contribution in [0.25, 0.3) is 0 Å². The van der Waals surface area contributed by atoms with Gasteiger partial charge in [0.2, 0.25) is 0 Å². The second-order valence-corrected chi connectivity index (χ2v) is 6.37. The molecular weight excluding hydrogens is 320 g/mol. The number of nitrogens with zero attached hydrogens (tertiary/aromatic N) is 3. The number of halogens is 1. The summed E-state index contributed by atoms with van der Waals surface area (Å²) in [4.78, 5) is 3.57. The topological polar surface area (TPSA) is 41.1 Å². The van der Waals surface area contributed by atoms with E-state index in [9.17, 15) is 0 Å². The molecule has 0 saturated carbocycles. The van der Waals surface area contributed by atoms with E-state index in [2.05, 4.69) is 54.2 Å². The Balaban J connectivity index is 1.95. The first-order chi connectivity index (χ1) is 8.19. The third-order valence-corrected chi connectivity index (χ3v) is 4.72. The van der Waals surface area contributed by atoms with Gasteiger partial charge >= 0.3 is 0 Å². The normalized spacial score (nSPS) is 11.1. The van der Waals surface area contributed by atoms with E-state index >= 15 is 0 Å². The maximum absolute atomic E-state index is 4.13. The summed E-state index contributed by atoms with van der Waals surface area (Å²) in [5.41, 5.74) is 1.01. The molecule has 7 heteroatoms. The minimum absolute atomic E-state index is 0.808. The third kappa shape index (κ3) is 3.48. The van der Waals surface area contributed by atoms with Crippen molar-refractivity contribution in [2.45, 2.75) is 13.1 Å². The maximum atomic E-state index is 4.13. The second-order valence-electron chi connectivity index (χ2n) is 3.70. The van der Waals surface area contributed by atoms with Crippen molar-refractivity contribution in [1.82, 2.24) is 14.5 Å². The van der Waals surface area contributed by atoms with Crippen LogP contribution >= 0.6 is 38.8 Å². The van der Waals surface area contributed by atoms with Crippen LogP contribution in [0.15, 0.2) is 15.9 Å². The summed E-state index contributed by atoms with van der Waals surface area (Å²) in [6, 6.07) is 2.15. The molecule has 0 aromatic carbocycles. The Morgan fingerprint density at radius 3 is 2.94 bits per heavy atom. The molecule has 0 amide bonds. The minimum Gasteiger partial charge on any atom is -0.377 e. The van der Waals surface area contributed by atoms with Crippen LogP contribution in [-0.2, 0) is 13.1 Å². The highest BCUT2D eigenvalue weighted by Crippen LogP contribution is 2.22. The zero-order valence-electron chi connectivity index (χ0n) is 9.61. The van der Waals surface area contributed by atoms with Crippen molar-refractivity contribution in [3.8, 4) is 0 Å². The first kappa shape index (κ1) is 12.9. The van der Waals surface area contributed by atoms with Gasteiger partial charge in [0.05, 0.1) is 0 Å². The van der Waals surface area contributed by atoms with Gasteiger partial charge in [-0.2, -0.15) is 0 Å². The SMILES string of the molecule is CNc1snnc1CN(C)Cc1cc(Br)cs1. The van der Waals surface area contributed by atoms with E-state index in [4.69, 9.17) is 0 Å². The summed E-state index contributed by atoms with van der Waals surface area (Å²) in [6.45, 7) is 1.74. The van der Waals surface area contributed by atoms with Crippen LogP contribution in [0, 0.1) is 0 Å². The van der Waals surface area contributed by atoms with Crippen molar-refractivity contribution in [3.63, 3.8) is 0 Å². The van der Waals surface area contributed by atoms with Crippen LogP contribution in [0.5, 0.6) is 0 Å². The lowest BCUT2D eigenvalue weighted by molar-refractivity contribution is 0.318. The molecule has 0 atom stereocenters. The van der Waals surface area contributed by atoms with Crippen LogP contribution < -0.4 is 5.32 Å². The van der Waals surface area contributed by atoms with E-state index in [0.717, 1.165) is 28.3 Å². The number of hydrogen-bond acceptors (Lipinski definition) is 6. The highest BCUT2D eigenvalue weighted by atomic mass is 79.9. The Hall–Kier alpha value is -0.500. The molecule has 1 N–H and O–H groups in total. The average molecular weight is 333 g/mol. The zero-order valence-corrected chi connectivity index (χ0v) is 12.8. The van der Waals surface area contributed by atoms with Gasteiger partial charge in [-0.1, -0.05) is 4.49 Å². The molecule has 0 unspecified atom stereocenters. The van der Waals surface area contributed by atoms with Crippen LogP contribution in [0.3, 0.4) is 0 Å². The predicted octanol–water partition coefficient (Wildman–Crippen LogP) is 3.04. The summed E-state index contributed by atoms with van der Waals surface area (Å²) >= 11 is 6.63. The molecule has 0 aliphatic rings. The highest BCUT2D eigenvalue weighted by molar-refractivity contribution is 9.10. The number of nitrogens with one attached hydrogen (secondary N) is 1. The molecule has 92 valence electrons. The van der Waals surface area contributed by atoms with E-state index in [1.807, 2.05) is 7.05 Å². The summed E-state index contributed by atoms with van der Waals surface area (Å²) in [7, 11) is 3.99. The van der Waals surface area contributed by atoms with Gasteiger partial charge in [-0.15, -0.1) is 16.4 Å². The quantitative estimate of drug-likeness (QED) is 0.913. The van der Waals surface area contributed by atoms with E-state index in [1.54, 1.807) is 11.3 Å². The monoisotopic (exact) mass is 332 g/mol. The fourth-order valence-corrected chi connectivity index (χ4v) is 3.57. The Kier molecular flexibility index (Phi) is 4.49. The molecule has 2 rings (SSSR count). The number of aromatic nitrogens is 2. The van der Waals surface area contributed by atoms with Crippen molar-refractivity contribution in [1.29, 1.82) is 0 Å². The van der Waals surface area contributed by atoms with Gasteiger partial charge < -0.3 is 5.32 Å². The lowest BCUT2D eigenvalue weighted by Crippen LogP contribution is -2.17. The van der Waals surface area contributed by atoms with Gasteiger partial charge in [0.25, 0.3) is 0 Å². The summed E-state index contributed by atoms with van der Waals surface area (Å²) in [6.07, 6.45) is 0. The van der Waals surface area contributed by atoms with E-state index in [0.29, 0.717) is 0 Å². The van der Waals surface area contributed by atoms with Gasteiger partial charge in [0, 0.05) is 46.4 Å². The Morgan fingerprint density at radius 1 is 1.47 bits per heavy atom. The minimum atomic E-state index is 0.808. The van der Waals surface area contributed by atoms with Gasteiger partial charge in [-0.05, 0) is 29.0 Å². The number of rotatable bonds is 5. The fraction of sp³-hybridized carbons (Fsp3) is 0.400. The second kappa shape index (κ2) is 5.90. The fourth-order valence-electron chi connectivity index (χ4n) is 1.52. The Labute approximate surface area is 117 Å². The molecule has 2 heterocycles. The molecule has 0 aliphatic carbocycles. The van der Waals surface area contributed by atoms with Crippen LogP contribution in [0.2, 0.25) is 0 Å². The molecule has 4 nitrogen and oxygen atoms in total. The van der Waals surface area contributed by atoms with E-state index in [1.165, 1.54) is 16.4 Å². The zero-order chi connectivity index (χ0) is 12.3. The highest BCUT2D eigenvalue weighted by Gasteiger charge is 2.10. The van der Waals surface area contributed by atoms with Crippen molar-refractivity contribution in [3.05, 3.63) is 26.5 Å². The first-order valence-corrected chi connectivity index (χ1v) is 7.54. The molecule has 0 spiro atoms. The molecule has 0 saturated heterocycles. The van der Waals surface area contributed by atoms with Crippen LogP contribution in [-0.4, -0.2) is 28.6 Å². The molecule has 0 aliphatic heterocycles. The van der Waals surface area contributed by atoms with Gasteiger partial charge in [-0.25, -0.2) is 0 Å². The van der Waals surface area contributed by atoms with Crippen molar-refractivity contribution in [2.24, 2.45) is 0 Å². The van der Waals surface area contributed by atoms with Crippen LogP contribution in [0.1, 0.15) is 10.6 Å². The smallest absolute Gasteiger partial charge is 0.134 e. The maximum Gasteiger partial charge on any atom is 0.134 e. The molecule has 0 fully saturated rings. The lowest BCUT2D eigenvalue weighted by Gasteiger charge is -2.14. The lowest BCUT2D eigenvalue weighted by atomic mass is 10.4. The van der Waals surface area contributed by atoms with Crippen LogP contribution in [0.4, 0.5) is 5.00 Å².